The Labute approximate surface area is 131 Å². The van der Waals surface area contributed by atoms with Crippen molar-refractivity contribution in [3.63, 3.8) is 0 Å². The second-order valence-electron chi connectivity index (χ2n) is 4.79. The van der Waals surface area contributed by atoms with Gasteiger partial charge in [-0.25, -0.2) is 4.98 Å². The van der Waals surface area contributed by atoms with Crippen molar-refractivity contribution in [1.82, 2.24) is 4.98 Å². The number of nitrogens with zero attached hydrogens (tertiary/aromatic N) is 1. The molecule has 0 saturated heterocycles. The first-order valence-electron chi connectivity index (χ1n) is 7.50. The Balaban J connectivity index is 0.000000847. The molecular weight excluding hydrogens is 272 g/mol. The SMILES string of the molecule is CC.COc1c(-c2ccccc2)c(N)nc2ccc(C)cc12. The number of ether oxygens (including phenoxy) is 1. The van der Waals surface area contributed by atoms with Crippen LogP contribution in [0.1, 0.15) is 19.4 Å². The molecule has 0 aliphatic carbocycles. The molecule has 0 bridgehead atoms. The monoisotopic (exact) mass is 294 g/mol. The third-order valence-corrected chi connectivity index (χ3v) is 3.39. The van der Waals surface area contributed by atoms with Crippen LogP contribution in [0.2, 0.25) is 0 Å². The largest absolute Gasteiger partial charge is 0.495 e. The highest BCUT2D eigenvalue weighted by Gasteiger charge is 2.15. The summed E-state index contributed by atoms with van der Waals surface area (Å²) in [5.41, 5.74) is 10.0. The Morgan fingerprint density at radius 2 is 1.68 bits per heavy atom. The minimum atomic E-state index is 0.490. The number of rotatable bonds is 2. The van der Waals surface area contributed by atoms with Gasteiger partial charge in [0, 0.05) is 5.39 Å². The van der Waals surface area contributed by atoms with Gasteiger partial charge in [0.05, 0.1) is 18.2 Å². The van der Waals surface area contributed by atoms with E-state index in [1.807, 2.05) is 56.3 Å². The van der Waals surface area contributed by atoms with Gasteiger partial charge >= 0.3 is 0 Å². The van der Waals surface area contributed by atoms with Crippen LogP contribution in [0.4, 0.5) is 5.82 Å². The summed E-state index contributed by atoms with van der Waals surface area (Å²) in [7, 11) is 1.67. The predicted molar refractivity (Wildman–Crippen MR) is 94.2 cm³/mol. The third-order valence-electron chi connectivity index (χ3n) is 3.39. The molecule has 0 fully saturated rings. The lowest BCUT2D eigenvalue weighted by molar-refractivity contribution is 0.421. The molecule has 2 aromatic carbocycles. The number of anilines is 1. The fraction of sp³-hybridized carbons (Fsp3) is 0.211. The fourth-order valence-corrected chi connectivity index (χ4v) is 2.46. The molecule has 0 aliphatic heterocycles. The number of hydrogen-bond acceptors (Lipinski definition) is 3. The van der Waals surface area contributed by atoms with E-state index in [9.17, 15) is 0 Å². The van der Waals surface area contributed by atoms with Crippen molar-refractivity contribution in [2.45, 2.75) is 20.8 Å². The summed E-state index contributed by atoms with van der Waals surface area (Å²) in [4.78, 5) is 4.50. The molecule has 0 radical (unpaired) electrons. The molecule has 0 amide bonds. The van der Waals surface area contributed by atoms with Crippen LogP contribution in [0.25, 0.3) is 22.0 Å². The second-order valence-corrected chi connectivity index (χ2v) is 4.79. The van der Waals surface area contributed by atoms with E-state index in [2.05, 4.69) is 18.0 Å². The summed E-state index contributed by atoms with van der Waals surface area (Å²) in [6.07, 6.45) is 0. The maximum atomic E-state index is 6.14. The van der Waals surface area contributed by atoms with E-state index in [4.69, 9.17) is 10.5 Å². The van der Waals surface area contributed by atoms with Crippen LogP contribution in [0.15, 0.2) is 48.5 Å². The molecule has 1 aromatic heterocycles. The second kappa shape index (κ2) is 6.94. The minimum absolute atomic E-state index is 0.490. The van der Waals surface area contributed by atoms with Gasteiger partial charge in [0.25, 0.3) is 0 Å². The summed E-state index contributed by atoms with van der Waals surface area (Å²) >= 11 is 0. The van der Waals surface area contributed by atoms with Crippen molar-refractivity contribution < 1.29 is 4.74 Å². The average molecular weight is 294 g/mol. The molecule has 0 unspecified atom stereocenters. The quantitative estimate of drug-likeness (QED) is 0.736. The number of nitrogen functional groups attached to an aromatic ring is 1. The Kier molecular flexibility index (Phi) is 4.99. The lowest BCUT2D eigenvalue weighted by Gasteiger charge is -2.14. The fourth-order valence-electron chi connectivity index (χ4n) is 2.46. The van der Waals surface area contributed by atoms with Crippen molar-refractivity contribution in [1.29, 1.82) is 0 Å². The zero-order chi connectivity index (χ0) is 16.1. The Morgan fingerprint density at radius 3 is 2.32 bits per heavy atom. The number of benzene rings is 2. The first kappa shape index (κ1) is 15.8. The molecule has 3 nitrogen and oxygen atoms in total. The van der Waals surface area contributed by atoms with Crippen molar-refractivity contribution in [2.75, 3.05) is 12.8 Å². The van der Waals surface area contributed by atoms with Crippen molar-refractivity contribution >= 4 is 16.7 Å². The van der Waals surface area contributed by atoms with E-state index in [-0.39, 0.29) is 0 Å². The lowest BCUT2D eigenvalue weighted by Crippen LogP contribution is -1.99. The van der Waals surface area contributed by atoms with Gasteiger partial charge in [-0.1, -0.05) is 55.8 Å². The van der Waals surface area contributed by atoms with E-state index in [1.165, 1.54) is 5.56 Å². The van der Waals surface area contributed by atoms with Crippen LogP contribution in [0.3, 0.4) is 0 Å². The molecule has 22 heavy (non-hydrogen) atoms. The topological polar surface area (TPSA) is 48.1 Å². The standard InChI is InChI=1S/C17H16N2O.C2H6/c1-11-8-9-14-13(10-11)16(20-2)15(17(18)19-14)12-6-4-3-5-7-12;1-2/h3-10H,1-2H3,(H2,18,19);1-2H3. The Bertz CT molecular complexity index is 767. The van der Waals surface area contributed by atoms with E-state index < -0.39 is 0 Å². The highest BCUT2D eigenvalue weighted by molar-refractivity contribution is 5.97. The maximum Gasteiger partial charge on any atom is 0.139 e. The summed E-state index contributed by atoms with van der Waals surface area (Å²) in [6.45, 7) is 6.05. The van der Waals surface area contributed by atoms with Gasteiger partial charge in [-0.2, -0.15) is 0 Å². The van der Waals surface area contributed by atoms with Gasteiger partial charge in [0.15, 0.2) is 0 Å². The minimum Gasteiger partial charge on any atom is -0.495 e. The number of nitrogens with two attached hydrogens (primary N) is 1. The zero-order valence-electron chi connectivity index (χ0n) is 13.6. The first-order chi connectivity index (χ1) is 10.7. The molecule has 0 spiro atoms. The van der Waals surface area contributed by atoms with E-state index in [1.54, 1.807) is 7.11 Å². The van der Waals surface area contributed by atoms with Crippen LogP contribution in [-0.4, -0.2) is 12.1 Å². The van der Waals surface area contributed by atoms with E-state index >= 15 is 0 Å². The molecule has 3 rings (SSSR count). The normalized spacial score (nSPS) is 10.0. The number of aryl methyl sites for hydroxylation is 1. The first-order valence-corrected chi connectivity index (χ1v) is 7.50. The maximum absolute atomic E-state index is 6.14. The number of hydrogen-bond donors (Lipinski definition) is 1. The van der Waals surface area contributed by atoms with Crippen LogP contribution >= 0.6 is 0 Å². The molecule has 2 N–H and O–H groups in total. The number of fused-ring (bicyclic) bond motifs is 1. The van der Waals surface area contributed by atoms with Crippen molar-refractivity contribution in [3.05, 3.63) is 54.1 Å². The van der Waals surface area contributed by atoms with Crippen LogP contribution in [0, 0.1) is 6.92 Å². The van der Waals surface area contributed by atoms with Crippen molar-refractivity contribution in [2.24, 2.45) is 0 Å². The number of methoxy groups -OCH3 is 1. The molecule has 0 saturated carbocycles. The van der Waals surface area contributed by atoms with Crippen LogP contribution in [0.5, 0.6) is 5.75 Å². The number of pyridine rings is 1. The molecule has 3 aromatic rings. The zero-order valence-corrected chi connectivity index (χ0v) is 13.6. The summed E-state index contributed by atoms with van der Waals surface area (Å²) in [5, 5.41) is 0.987. The molecule has 0 aliphatic rings. The average Bonchev–Trinajstić information content (AvgIpc) is 2.56. The highest BCUT2D eigenvalue weighted by Crippen LogP contribution is 2.39. The van der Waals surface area contributed by atoms with Gasteiger partial charge in [0.2, 0.25) is 0 Å². The van der Waals surface area contributed by atoms with Crippen molar-refractivity contribution in [3.8, 4) is 16.9 Å². The molecule has 3 heteroatoms. The van der Waals surface area contributed by atoms with E-state index in [0.717, 1.165) is 27.8 Å². The van der Waals surface area contributed by atoms with Gasteiger partial charge in [-0.3, -0.25) is 0 Å². The Hall–Kier alpha value is -2.55. The Morgan fingerprint density at radius 1 is 1.00 bits per heavy atom. The lowest BCUT2D eigenvalue weighted by atomic mass is 10.0. The third kappa shape index (κ3) is 2.89. The highest BCUT2D eigenvalue weighted by atomic mass is 16.5. The predicted octanol–water partition coefficient (Wildman–Crippen LogP) is 4.83. The summed E-state index contributed by atoms with van der Waals surface area (Å²) < 4.78 is 5.63. The van der Waals surface area contributed by atoms with Crippen LogP contribution in [-0.2, 0) is 0 Å². The van der Waals surface area contributed by atoms with Gasteiger partial charge in [-0.15, -0.1) is 0 Å². The molecule has 0 atom stereocenters. The smallest absolute Gasteiger partial charge is 0.139 e. The molecule has 114 valence electrons. The summed E-state index contributed by atoms with van der Waals surface area (Å²) in [5.74, 6) is 1.27. The van der Waals surface area contributed by atoms with Gasteiger partial charge in [0.1, 0.15) is 11.6 Å². The van der Waals surface area contributed by atoms with Gasteiger partial charge in [-0.05, 0) is 24.6 Å². The molecular formula is C19H22N2O. The van der Waals surface area contributed by atoms with E-state index in [0.29, 0.717) is 5.82 Å². The van der Waals surface area contributed by atoms with Crippen LogP contribution < -0.4 is 10.5 Å². The number of aromatic nitrogens is 1. The summed E-state index contributed by atoms with van der Waals surface area (Å²) in [6, 6.07) is 16.0. The molecule has 1 heterocycles. The van der Waals surface area contributed by atoms with Gasteiger partial charge < -0.3 is 10.5 Å².